The minimum absolute atomic E-state index is 0.238. The molecule has 1 saturated carbocycles. The molecule has 1 nitrogen and oxygen atoms in total. The fourth-order valence-corrected chi connectivity index (χ4v) is 2.53. The third kappa shape index (κ3) is 2.99. The van der Waals surface area contributed by atoms with Crippen LogP contribution >= 0.6 is 27.5 Å². The van der Waals surface area contributed by atoms with Crippen molar-refractivity contribution in [1.82, 2.24) is 5.32 Å². The molecule has 88 valence electrons. The fraction of sp³-hybridized carbons (Fsp3) is 0.538. The molecule has 1 aliphatic carbocycles. The maximum Gasteiger partial charge on any atom is 0.0410 e. The molecule has 16 heavy (non-hydrogen) atoms. The first-order valence-electron chi connectivity index (χ1n) is 5.68. The molecule has 1 aromatic carbocycles. The van der Waals surface area contributed by atoms with E-state index in [9.17, 15) is 0 Å². The highest BCUT2D eigenvalue weighted by molar-refractivity contribution is 9.10. The summed E-state index contributed by atoms with van der Waals surface area (Å²) in [5.74, 6) is 0.838. The average molecular weight is 303 g/mol. The van der Waals surface area contributed by atoms with E-state index in [1.54, 1.807) is 0 Å². The maximum absolute atomic E-state index is 5.99. The van der Waals surface area contributed by atoms with Crippen molar-refractivity contribution in [3.05, 3.63) is 33.3 Å². The van der Waals surface area contributed by atoms with Crippen LogP contribution in [0.1, 0.15) is 32.3 Å². The summed E-state index contributed by atoms with van der Waals surface area (Å²) in [5, 5.41) is 4.41. The zero-order valence-electron chi connectivity index (χ0n) is 9.69. The summed E-state index contributed by atoms with van der Waals surface area (Å²) in [6.45, 7) is 5.43. The molecule has 2 rings (SSSR count). The van der Waals surface area contributed by atoms with Crippen LogP contribution in [0.3, 0.4) is 0 Å². The first kappa shape index (κ1) is 12.4. The van der Waals surface area contributed by atoms with Gasteiger partial charge in [0.2, 0.25) is 0 Å². The van der Waals surface area contributed by atoms with Gasteiger partial charge in [-0.3, -0.25) is 0 Å². The second-order valence-electron chi connectivity index (χ2n) is 5.09. The number of benzene rings is 1. The molecule has 0 unspecified atom stereocenters. The summed E-state index contributed by atoms with van der Waals surface area (Å²) in [6, 6.07) is 5.92. The Balaban J connectivity index is 2.01. The van der Waals surface area contributed by atoms with Gasteiger partial charge in [0.05, 0.1) is 0 Å². The number of nitrogens with one attached hydrogen (secondary N) is 1. The van der Waals surface area contributed by atoms with E-state index < -0.39 is 0 Å². The first-order chi connectivity index (χ1) is 7.49. The predicted octanol–water partition coefficient (Wildman–Crippen LogP) is 4.38. The van der Waals surface area contributed by atoms with Crippen LogP contribution in [0, 0.1) is 5.92 Å². The van der Waals surface area contributed by atoms with Gasteiger partial charge in [-0.2, -0.15) is 0 Å². The lowest BCUT2D eigenvalue weighted by Crippen LogP contribution is -2.40. The molecule has 1 fully saturated rings. The molecule has 0 aromatic heterocycles. The van der Waals surface area contributed by atoms with E-state index in [1.807, 2.05) is 18.2 Å². The number of rotatable bonds is 4. The summed E-state index contributed by atoms with van der Waals surface area (Å²) in [7, 11) is 0. The summed E-state index contributed by atoms with van der Waals surface area (Å²) >= 11 is 9.55. The van der Waals surface area contributed by atoms with Crippen molar-refractivity contribution in [2.75, 3.05) is 0 Å². The largest absolute Gasteiger partial charge is 0.307 e. The van der Waals surface area contributed by atoms with Crippen molar-refractivity contribution in [3.8, 4) is 0 Å². The smallest absolute Gasteiger partial charge is 0.0410 e. The number of hydrogen-bond donors (Lipinski definition) is 1. The topological polar surface area (TPSA) is 12.0 Å². The van der Waals surface area contributed by atoms with Gasteiger partial charge in [0, 0.05) is 21.6 Å². The van der Waals surface area contributed by atoms with E-state index in [4.69, 9.17) is 11.6 Å². The van der Waals surface area contributed by atoms with Crippen molar-refractivity contribution in [2.45, 2.75) is 38.8 Å². The molecule has 1 aromatic rings. The van der Waals surface area contributed by atoms with Crippen LogP contribution < -0.4 is 5.32 Å². The second-order valence-corrected chi connectivity index (χ2v) is 6.38. The minimum Gasteiger partial charge on any atom is -0.307 e. The van der Waals surface area contributed by atoms with Gasteiger partial charge in [-0.1, -0.05) is 27.5 Å². The maximum atomic E-state index is 5.99. The van der Waals surface area contributed by atoms with Crippen molar-refractivity contribution in [1.29, 1.82) is 0 Å². The van der Waals surface area contributed by atoms with Crippen molar-refractivity contribution < 1.29 is 0 Å². The standard InChI is InChI=1S/C13H17BrClN/c1-13(2,10-3-4-10)16-8-9-7-11(15)5-6-12(9)14/h5-7,10,16H,3-4,8H2,1-2H3. The van der Waals surface area contributed by atoms with Gasteiger partial charge in [0.15, 0.2) is 0 Å². The first-order valence-corrected chi connectivity index (χ1v) is 6.85. The Morgan fingerprint density at radius 3 is 2.75 bits per heavy atom. The average Bonchev–Trinajstić information content (AvgIpc) is 3.03. The Morgan fingerprint density at radius 1 is 1.44 bits per heavy atom. The Labute approximate surface area is 111 Å². The summed E-state index contributed by atoms with van der Waals surface area (Å²) in [4.78, 5) is 0. The lowest BCUT2D eigenvalue weighted by molar-refractivity contribution is 0.339. The van der Waals surface area contributed by atoms with Gasteiger partial charge >= 0.3 is 0 Å². The molecule has 0 amide bonds. The number of hydrogen-bond acceptors (Lipinski definition) is 1. The van der Waals surface area contributed by atoms with E-state index >= 15 is 0 Å². The third-order valence-electron chi connectivity index (χ3n) is 3.34. The van der Waals surface area contributed by atoms with Gasteiger partial charge in [0.25, 0.3) is 0 Å². The summed E-state index contributed by atoms with van der Waals surface area (Å²) < 4.78 is 1.12. The van der Waals surface area contributed by atoms with E-state index in [0.29, 0.717) is 0 Å². The molecule has 0 heterocycles. The normalized spacial score (nSPS) is 16.5. The van der Waals surface area contributed by atoms with Gasteiger partial charge in [0.1, 0.15) is 0 Å². The van der Waals surface area contributed by atoms with Gasteiger partial charge in [-0.25, -0.2) is 0 Å². The molecule has 0 atom stereocenters. The molecule has 1 aliphatic rings. The molecular weight excluding hydrogens is 286 g/mol. The van der Waals surface area contributed by atoms with E-state index in [0.717, 1.165) is 22.0 Å². The van der Waals surface area contributed by atoms with Gasteiger partial charge in [-0.05, 0) is 56.4 Å². The van der Waals surface area contributed by atoms with Gasteiger partial charge < -0.3 is 5.32 Å². The highest BCUT2D eigenvalue weighted by Crippen LogP contribution is 2.39. The van der Waals surface area contributed by atoms with Crippen molar-refractivity contribution in [3.63, 3.8) is 0 Å². The lowest BCUT2D eigenvalue weighted by Gasteiger charge is -2.26. The van der Waals surface area contributed by atoms with Crippen LogP contribution in [0.4, 0.5) is 0 Å². The zero-order chi connectivity index (χ0) is 11.8. The summed E-state index contributed by atoms with van der Waals surface area (Å²) in [5.41, 5.74) is 1.46. The minimum atomic E-state index is 0.238. The Morgan fingerprint density at radius 2 is 2.12 bits per heavy atom. The lowest BCUT2D eigenvalue weighted by atomic mass is 9.98. The fourth-order valence-electron chi connectivity index (χ4n) is 1.95. The Hall–Kier alpha value is -0.0500. The van der Waals surface area contributed by atoms with Crippen LogP contribution in [0.15, 0.2) is 22.7 Å². The quantitative estimate of drug-likeness (QED) is 0.870. The highest BCUT2D eigenvalue weighted by Gasteiger charge is 2.37. The van der Waals surface area contributed by atoms with E-state index in [2.05, 4.69) is 35.1 Å². The molecular formula is C13H17BrClN. The zero-order valence-corrected chi connectivity index (χ0v) is 12.0. The molecule has 0 spiro atoms. The van der Waals surface area contributed by atoms with Crippen LogP contribution in [0.5, 0.6) is 0 Å². The molecule has 0 radical (unpaired) electrons. The third-order valence-corrected chi connectivity index (χ3v) is 4.35. The molecule has 1 N–H and O–H groups in total. The van der Waals surface area contributed by atoms with Crippen LogP contribution in [-0.2, 0) is 6.54 Å². The molecule has 0 saturated heterocycles. The van der Waals surface area contributed by atoms with E-state index in [-0.39, 0.29) is 5.54 Å². The van der Waals surface area contributed by atoms with Crippen molar-refractivity contribution in [2.24, 2.45) is 5.92 Å². The second kappa shape index (κ2) is 4.67. The number of halogens is 2. The Kier molecular flexibility index (Phi) is 3.62. The van der Waals surface area contributed by atoms with Crippen molar-refractivity contribution >= 4 is 27.5 Å². The Bertz CT molecular complexity index is 386. The summed E-state index contributed by atoms with van der Waals surface area (Å²) in [6.07, 6.45) is 2.72. The van der Waals surface area contributed by atoms with E-state index in [1.165, 1.54) is 18.4 Å². The van der Waals surface area contributed by atoms with Crippen LogP contribution in [0.2, 0.25) is 5.02 Å². The monoisotopic (exact) mass is 301 g/mol. The predicted molar refractivity (Wildman–Crippen MR) is 72.8 cm³/mol. The SMILES string of the molecule is CC(C)(NCc1cc(Cl)ccc1Br)C1CC1. The molecule has 0 aliphatic heterocycles. The molecule has 3 heteroatoms. The van der Waals surface area contributed by atoms with Crippen LogP contribution in [0.25, 0.3) is 0 Å². The van der Waals surface area contributed by atoms with Crippen LogP contribution in [-0.4, -0.2) is 5.54 Å². The molecule has 0 bridgehead atoms. The van der Waals surface area contributed by atoms with Gasteiger partial charge in [-0.15, -0.1) is 0 Å². The highest BCUT2D eigenvalue weighted by atomic mass is 79.9.